The van der Waals surface area contributed by atoms with Crippen molar-refractivity contribution in [2.45, 2.75) is 31.5 Å². The zero-order valence-electron chi connectivity index (χ0n) is 11.8. The monoisotopic (exact) mass is 298 g/mol. The third kappa shape index (κ3) is 4.13. The first-order valence-corrected chi connectivity index (χ1v) is 7.70. The molecule has 2 atom stereocenters. The quantitative estimate of drug-likeness (QED) is 0.590. The van der Waals surface area contributed by atoms with Gasteiger partial charge in [-0.05, 0) is 49.2 Å². The van der Waals surface area contributed by atoms with Crippen molar-refractivity contribution in [3.63, 3.8) is 0 Å². The average molecular weight is 298 g/mol. The van der Waals surface area contributed by atoms with Crippen molar-refractivity contribution in [3.05, 3.63) is 66.2 Å². The van der Waals surface area contributed by atoms with Crippen molar-refractivity contribution in [1.29, 1.82) is 0 Å². The molecular weight excluding hydrogens is 280 g/mol. The Morgan fingerprint density at radius 3 is 2.38 bits per heavy atom. The van der Waals surface area contributed by atoms with Crippen molar-refractivity contribution >= 4 is 17.3 Å². The molecule has 1 saturated heterocycles. The van der Waals surface area contributed by atoms with Crippen LogP contribution in [0.5, 0.6) is 5.75 Å². The highest BCUT2D eigenvalue weighted by atomic mass is 32.1. The summed E-state index contributed by atoms with van der Waals surface area (Å²) in [5.74, 6) is 0.779. The number of benzene rings is 2. The van der Waals surface area contributed by atoms with Crippen molar-refractivity contribution in [2.24, 2.45) is 0 Å². The van der Waals surface area contributed by atoms with Gasteiger partial charge in [-0.1, -0.05) is 48.5 Å². The lowest BCUT2D eigenvalue weighted by Gasteiger charge is -2.04. The number of para-hydroxylation sites is 1. The van der Waals surface area contributed by atoms with Gasteiger partial charge in [-0.15, -0.1) is 0 Å². The standard InChI is InChI=1S/C18H18O2S/c21-18(19-15-11-5-2-6-12-15)17-16(20-17)13-7-10-14-8-3-1-4-9-14/h1-6,8-9,11-12,16-17H,7,10,13H2/t16-,17-/m0/s1. The summed E-state index contributed by atoms with van der Waals surface area (Å²) < 4.78 is 11.3. The SMILES string of the molecule is S=C(Oc1ccccc1)[C@H]1O[C@H]1CCCc1ccccc1. The molecule has 2 aromatic carbocycles. The van der Waals surface area contributed by atoms with Crippen LogP contribution in [0.1, 0.15) is 18.4 Å². The molecule has 0 spiro atoms. The van der Waals surface area contributed by atoms with Gasteiger partial charge in [0.2, 0.25) is 0 Å². The van der Waals surface area contributed by atoms with Crippen LogP contribution in [0.2, 0.25) is 0 Å². The van der Waals surface area contributed by atoms with Crippen molar-refractivity contribution in [1.82, 2.24) is 0 Å². The largest absolute Gasteiger partial charge is 0.447 e. The molecule has 0 radical (unpaired) electrons. The summed E-state index contributed by atoms with van der Waals surface area (Å²) in [6, 6.07) is 20.1. The van der Waals surface area contributed by atoms with E-state index in [-0.39, 0.29) is 12.2 Å². The summed E-state index contributed by atoms with van der Waals surface area (Å²) in [5, 5.41) is 0.547. The summed E-state index contributed by atoms with van der Waals surface area (Å²) in [6.45, 7) is 0. The Balaban J connectivity index is 1.39. The molecule has 0 unspecified atom stereocenters. The highest BCUT2D eigenvalue weighted by Crippen LogP contribution is 2.29. The number of ether oxygens (including phenoxy) is 2. The van der Waals surface area contributed by atoms with E-state index >= 15 is 0 Å². The molecule has 0 saturated carbocycles. The van der Waals surface area contributed by atoms with Crippen LogP contribution in [-0.2, 0) is 11.2 Å². The second-order valence-corrected chi connectivity index (χ2v) is 5.61. The van der Waals surface area contributed by atoms with Gasteiger partial charge < -0.3 is 9.47 Å². The first kappa shape index (κ1) is 14.2. The van der Waals surface area contributed by atoms with Gasteiger partial charge in [0.05, 0.1) is 6.10 Å². The van der Waals surface area contributed by atoms with Gasteiger partial charge in [0, 0.05) is 0 Å². The zero-order chi connectivity index (χ0) is 14.5. The lowest BCUT2D eigenvalue weighted by atomic mass is 10.1. The Labute approximate surface area is 130 Å². The number of rotatable bonds is 6. The Kier molecular flexibility index (Phi) is 4.63. The van der Waals surface area contributed by atoms with Gasteiger partial charge in [-0.3, -0.25) is 0 Å². The molecule has 1 aliphatic heterocycles. The van der Waals surface area contributed by atoms with Crippen LogP contribution in [0.4, 0.5) is 0 Å². The molecule has 1 aliphatic rings. The van der Waals surface area contributed by atoms with Gasteiger partial charge in [0.1, 0.15) is 5.75 Å². The lowest BCUT2D eigenvalue weighted by molar-refractivity contribution is 0.371. The van der Waals surface area contributed by atoms with E-state index in [1.807, 2.05) is 36.4 Å². The van der Waals surface area contributed by atoms with E-state index in [4.69, 9.17) is 21.7 Å². The molecule has 2 nitrogen and oxygen atoms in total. The maximum atomic E-state index is 5.64. The van der Waals surface area contributed by atoms with Crippen LogP contribution in [0.25, 0.3) is 0 Å². The minimum absolute atomic E-state index is 0.0176. The number of aryl methyl sites for hydroxylation is 1. The molecule has 1 heterocycles. The third-order valence-electron chi connectivity index (χ3n) is 3.57. The molecule has 2 aromatic rings. The average Bonchev–Trinajstić information content (AvgIpc) is 3.29. The van der Waals surface area contributed by atoms with E-state index in [1.54, 1.807) is 0 Å². The Hall–Kier alpha value is -1.71. The lowest BCUT2D eigenvalue weighted by Crippen LogP contribution is -2.14. The van der Waals surface area contributed by atoms with E-state index in [9.17, 15) is 0 Å². The predicted octanol–water partition coefficient (Wildman–Crippen LogP) is 4.18. The summed E-state index contributed by atoms with van der Waals surface area (Å²) >= 11 is 5.30. The fraction of sp³-hybridized carbons (Fsp3) is 0.278. The van der Waals surface area contributed by atoms with E-state index in [0.29, 0.717) is 5.05 Å². The highest BCUT2D eigenvalue weighted by molar-refractivity contribution is 7.80. The first-order valence-electron chi connectivity index (χ1n) is 7.29. The van der Waals surface area contributed by atoms with E-state index < -0.39 is 0 Å². The molecule has 0 amide bonds. The Bertz CT molecular complexity index is 583. The van der Waals surface area contributed by atoms with Crippen molar-refractivity contribution < 1.29 is 9.47 Å². The molecule has 1 fully saturated rings. The molecule has 3 rings (SSSR count). The third-order valence-corrected chi connectivity index (χ3v) is 3.89. The van der Waals surface area contributed by atoms with E-state index in [0.717, 1.165) is 25.0 Å². The molecule has 0 bridgehead atoms. The zero-order valence-corrected chi connectivity index (χ0v) is 12.6. The number of hydrogen-bond acceptors (Lipinski definition) is 3. The predicted molar refractivity (Wildman–Crippen MR) is 87.7 cm³/mol. The van der Waals surface area contributed by atoms with Crippen LogP contribution in [-0.4, -0.2) is 17.3 Å². The minimum atomic E-state index is -0.0176. The van der Waals surface area contributed by atoms with Gasteiger partial charge >= 0.3 is 0 Å². The molecule has 0 N–H and O–H groups in total. The molecule has 108 valence electrons. The smallest absolute Gasteiger partial charge is 0.198 e. The van der Waals surface area contributed by atoms with Crippen LogP contribution >= 0.6 is 12.2 Å². The van der Waals surface area contributed by atoms with Crippen LogP contribution < -0.4 is 4.74 Å². The second-order valence-electron chi connectivity index (χ2n) is 5.21. The van der Waals surface area contributed by atoms with E-state index in [1.165, 1.54) is 5.56 Å². The van der Waals surface area contributed by atoms with Crippen LogP contribution in [0, 0.1) is 0 Å². The van der Waals surface area contributed by atoms with E-state index in [2.05, 4.69) is 24.3 Å². The first-order chi connectivity index (χ1) is 10.3. The number of epoxide rings is 1. The van der Waals surface area contributed by atoms with Crippen LogP contribution in [0.15, 0.2) is 60.7 Å². The maximum Gasteiger partial charge on any atom is 0.198 e. The minimum Gasteiger partial charge on any atom is -0.447 e. The summed E-state index contributed by atoms with van der Waals surface area (Å²) in [4.78, 5) is 0. The number of thiocarbonyl (C=S) groups is 1. The fourth-order valence-electron chi connectivity index (χ4n) is 2.38. The normalized spacial score (nSPS) is 20.0. The second kappa shape index (κ2) is 6.83. The van der Waals surface area contributed by atoms with Gasteiger partial charge in [0.25, 0.3) is 0 Å². The maximum absolute atomic E-state index is 5.64. The molecule has 21 heavy (non-hydrogen) atoms. The molecule has 0 aromatic heterocycles. The highest BCUT2D eigenvalue weighted by Gasteiger charge is 2.43. The van der Waals surface area contributed by atoms with Crippen molar-refractivity contribution in [3.8, 4) is 5.75 Å². The topological polar surface area (TPSA) is 21.8 Å². The summed E-state index contributed by atoms with van der Waals surface area (Å²) in [6.07, 6.45) is 3.43. The molecule has 0 aliphatic carbocycles. The Morgan fingerprint density at radius 2 is 1.67 bits per heavy atom. The van der Waals surface area contributed by atoms with Gasteiger partial charge in [-0.25, -0.2) is 0 Å². The van der Waals surface area contributed by atoms with Crippen molar-refractivity contribution in [2.75, 3.05) is 0 Å². The molecule has 3 heteroatoms. The Morgan fingerprint density at radius 1 is 1.00 bits per heavy atom. The van der Waals surface area contributed by atoms with Gasteiger partial charge in [-0.2, -0.15) is 0 Å². The fourth-order valence-corrected chi connectivity index (χ4v) is 2.69. The summed E-state index contributed by atoms with van der Waals surface area (Å²) in [7, 11) is 0. The summed E-state index contributed by atoms with van der Waals surface area (Å²) in [5.41, 5.74) is 1.37. The molecular formula is C18H18O2S. The van der Waals surface area contributed by atoms with Crippen LogP contribution in [0.3, 0.4) is 0 Å². The number of hydrogen-bond donors (Lipinski definition) is 0. The van der Waals surface area contributed by atoms with Gasteiger partial charge in [0.15, 0.2) is 11.2 Å².